The highest BCUT2D eigenvalue weighted by Gasteiger charge is 2.52. The van der Waals surface area contributed by atoms with Crippen molar-refractivity contribution in [2.45, 2.75) is 57.2 Å². The Morgan fingerprint density at radius 1 is 1.10 bits per heavy atom. The Kier molecular flexibility index (Phi) is 12.1. The Labute approximate surface area is 248 Å². The summed E-state index contributed by atoms with van der Waals surface area (Å²) in [5.74, 6) is -2.15. The predicted octanol–water partition coefficient (Wildman–Crippen LogP) is 2.26. The maximum Gasteiger partial charge on any atom is 0.312 e. The highest BCUT2D eigenvalue weighted by molar-refractivity contribution is 7.08. The minimum Gasteiger partial charge on any atom is -0.461 e. The summed E-state index contributed by atoms with van der Waals surface area (Å²) in [5, 5.41) is 23.7. The average molecular weight is 600 g/mol. The topological polar surface area (TPSA) is 189 Å². The number of amides is 5. The molecule has 1 fully saturated rings. The highest BCUT2D eigenvalue weighted by atomic mass is 32.1. The Morgan fingerprint density at radius 2 is 1.81 bits per heavy atom. The Morgan fingerprint density at radius 3 is 2.38 bits per heavy atom. The Bertz CT molecular complexity index is 1250. The number of primary amides is 1. The maximum atomic E-state index is 13.6. The summed E-state index contributed by atoms with van der Waals surface area (Å²) in [6.45, 7) is 3.61. The zero-order valence-electron chi connectivity index (χ0n) is 23.2. The number of anilines is 1. The normalized spacial score (nSPS) is 14.8. The molecule has 7 N–H and O–H groups in total. The SMILES string of the molecule is C=CCOC(=O)CC(NC(=O)C1(C(=O)N[C@@H](CCCNC(N)=O)C(=O)Nc2ccc(CO)cc2)CCC1)c1ccsc1. The first kappa shape index (κ1) is 32.3. The quantitative estimate of drug-likeness (QED) is 0.0738. The lowest BCUT2D eigenvalue weighted by molar-refractivity contribution is -0.151. The van der Waals surface area contributed by atoms with E-state index in [1.54, 1.807) is 30.3 Å². The van der Waals surface area contributed by atoms with Crippen LogP contribution in [0.5, 0.6) is 0 Å². The molecule has 0 radical (unpaired) electrons. The number of ether oxygens (including phenoxy) is 1. The first-order valence-corrected chi connectivity index (χ1v) is 14.6. The van der Waals surface area contributed by atoms with E-state index in [1.807, 2.05) is 10.8 Å². The molecule has 2 aromatic rings. The number of thiophene rings is 1. The number of hydrogen-bond acceptors (Lipinski definition) is 8. The van der Waals surface area contributed by atoms with Gasteiger partial charge in [-0.1, -0.05) is 31.2 Å². The number of nitrogens with two attached hydrogens (primary N) is 1. The van der Waals surface area contributed by atoms with Crippen LogP contribution in [0.25, 0.3) is 0 Å². The second kappa shape index (κ2) is 15.7. The molecule has 226 valence electrons. The van der Waals surface area contributed by atoms with Gasteiger partial charge in [-0.2, -0.15) is 11.3 Å². The van der Waals surface area contributed by atoms with Gasteiger partial charge in [0.1, 0.15) is 18.1 Å². The van der Waals surface area contributed by atoms with Crippen molar-refractivity contribution in [2.75, 3.05) is 18.5 Å². The molecule has 5 amide bonds. The molecule has 2 atom stereocenters. The van der Waals surface area contributed by atoms with Crippen molar-refractivity contribution in [1.29, 1.82) is 0 Å². The first-order chi connectivity index (χ1) is 20.2. The van der Waals surface area contributed by atoms with Crippen LogP contribution >= 0.6 is 11.3 Å². The van der Waals surface area contributed by atoms with Crippen molar-refractivity contribution in [1.82, 2.24) is 16.0 Å². The molecule has 13 heteroatoms. The molecule has 1 aliphatic carbocycles. The van der Waals surface area contributed by atoms with Crippen LogP contribution in [0.15, 0.2) is 53.7 Å². The van der Waals surface area contributed by atoms with Crippen molar-refractivity contribution in [2.24, 2.45) is 11.1 Å². The summed E-state index contributed by atoms with van der Waals surface area (Å²) < 4.78 is 5.10. The molecular formula is C29H37N5O7S. The lowest BCUT2D eigenvalue weighted by Crippen LogP contribution is -2.59. The first-order valence-electron chi connectivity index (χ1n) is 13.6. The van der Waals surface area contributed by atoms with Gasteiger partial charge in [0.2, 0.25) is 17.7 Å². The van der Waals surface area contributed by atoms with E-state index in [9.17, 15) is 29.1 Å². The summed E-state index contributed by atoms with van der Waals surface area (Å²) in [6, 6.07) is 5.93. The molecule has 1 aliphatic rings. The van der Waals surface area contributed by atoms with Crippen molar-refractivity contribution in [3.8, 4) is 0 Å². The third-order valence-corrected chi connectivity index (χ3v) is 7.76. The lowest BCUT2D eigenvalue weighted by Gasteiger charge is -2.40. The van der Waals surface area contributed by atoms with Crippen LogP contribution in [0.4, 0.5) is 10.5 Å². The number of benzene rings is 1. The zero-order chi connectivity index (χ0) is 30.5. The number of rotatable bonds is 16. The smallest absolute Gasteiger partial charge is 0.312 e. The number of carbonyl (C=O) groups is 5. The minimum absolute atomic E-state index is 0.0411. The number of nitrogens with one attached hydrogen (secondary N) is 4. The summed E-state index contributed by atoms with van der Waals surface area (Å²) in [6.07, 6.45) is 3.02. The number of hydrogen-bond donors (Lipinski definition) is 6. The van der Waals surface area contributed by atoms with Crippen LogP contribution in [0, 0.1) is 5.41 Å². The van der Waals surface area contributed by atoms with E-state index in [0.29, 0.717) is 29.7 Å². The summed E-state index contributed by atoms with van der Waals surface area (Å²) in [7, 11) is 0. The standard InChI is InChI=1S/C29H37N5O7S/c1-2-14-41-24(36)16-23(20-10-15-42-18-20)34-27(39)29(11-4-12-29)26(38)33-22(5-3-13-31-28(30)40)25(37)32-21-8-6-19(17-35)7-9-21/h2,6-10,15,18,22-23,35H,1,3-5,11-14,16-17H2,(H,32,37)(H,33,38)(H,34,39)(H3,30,31,40)/t22-,23?/m0/s1. The van der Waals surface area contributed by atoms with Gasteiger partial charge in [0, 0.05) is 12.2 Å². The predicted molar refractivity (Wildman–Crippen MR) is 157 cm³/mol. The number of aliphatic hydroxyl groups excluding tert-OH is 1. The fraction of sp³-hybridized carbons (Fsp3) is 0.414. The molecule has 0 saturated heterocycles. The monoisotopic (exact) mass is 599 g/mol. The molecular weight excluding hydrogens is 562 g/mol. The third-order valence-electron chi connectivity index (χ3n) is 7.05. The van der Waals surface area contributed by atoms with Gasteiger partial charge in [-0.25, -0.2) is 4.79 Å². The van der Waals surface area contributed by atoms with Gasteiger partial charge in [-0.05, 0) is 65.8 Å². The largest absolute Gasteiger partial charge is 0.461 e. The fourth-order valence-corrected chi connectivity index (χ4v) is 5.21. The van der Waals surface area contributed by atoms with Crippen LogP contribution in [0.1, 0.15) is 55.7 Å². The van der Waals surface area contributed by atoms with E-state index < -0.39 is 47.2 Å². The van der Waals surface area contributed by atoms with Gasteiger partial charge in [0.25, 0.3) is 0 Å². The van der Waals surface area contributed by atoms with Gasteiger partial charge < -0.3 is 36.8 Å². The van der Waals surface area contributed by atoms with Gasteiger partial charge in [-0.15, -0.1) is 0 Å². The van der Waals surface area contributed by atoms with E-state index in [-0.39, 0.29) is 45.4 Å². The van der Waals surface area contributed by atoms with E-state index in [2.05, 4.69) is 27.8 Å². The van der Waals surface area contributed by atoms with Crippen molar-refractivity contribution < 1.29 is 33.8 Å². The second-order valence-corrected chi connectivity index (χ2v) is 10.8. The molecule has 0 aliphatic heterocycles. The molecule has 3 rings (SSSR count). The Balaban J connectivity index is 1.73. The summed E-state index contributed by atoms with van der Waals surface area (Å²) >= 11 is 1.41. The minimum atomic E-state index is -1.41. The van der Waals surface area contributed by atoms with Crippen molar-refractivity contribution in [3.05, 3.63) is 64.9 Å². The molecule has 1 aromatic heterocycles. The van der Waals surface area contributed by atoms with Crippen molar-refractivity contribution >= 4 is 46.7 Å². The van der Waals surface area contributed by atoms with Gasteiger partial charge in [0.15, 0.2) is 0 Å². The lowest BCUT2D eigenvalue weighted by atomic mass is 9.67. The van der Waals surface area contributed by atoms with E-state index in [1.165, 1.54) is 17.4 Å². The second-order valence-electron chi connectivity index (χ2n) is 10.00. The summed E-state index contributed by atoms with van der Waals surface area (Å²) in [4.78, 5) is 63.9. The van der Waals surface area contributed by atoms with Gasteiger partial charge in [0.05, 0.1) is 19.1 Å². The molecule has 0 bridgehead atoms. The molecule has 1 aromatic carbocycles. The van der Waals surface area contributed by atoms with Crippen LogP contribution in [-0.4, -0.2) is 54.0 Å². The molecule has 42 heavy (non-hydrogen) atoms. The molecule has 1 unspecified atom stereocenters. The van der Waals surface area contributed by atoms with Crippen LogP contribution in [0.2, 0.25) is 0 Å². The number of aliphatic hydroxyl groups is 1. The molecule has 12 nitrogen and oxygen atoms in total. The third kappa shape index (κ3) is 8.88. The van der Waals surface area contributed by atoms with Crippen LogP contribution in [0.3, 0.4) is 0 Å². The molecule has 0 spiro atoms. The highest BCUT2D eigenvalue weighted by Crippen LogP contribution is 2.42. The van der Waals surface area contributed by atoms with Crippen LogP contribution < -0.4 is 27.0 Å². The zero-order valence-corrected chi connectivity index (χ0v) is 24.0. The van der Waals surface area contributed by atoms with Gasteiger partial charge >= 0.3 is 12.0 Å². The molecule has 1 heterocycles. The van der Waals surface area contributed by atoms with E-state index in [0.717, 1.165) is 0 Å². The Hall–Kier alpha value is -4.23. The van der Waals surface area contributed by atoms with Crippen LogP contribution in [-0.2, 0) is 30.5 Å². The fourth-order valence-electron chi connectivity index (χ4n) is 4.49. The molecule has 1 saturated carbocycles. The maximum absolute atomic E-state index is 13.6. The number of carbonyl (C=O) groups excluding carboxylic acids is 5. The van der Waals surface area contributed by atoms with E-state index >= 15 is 0 Å². The summed E-state index contributed by atoms with van der Waals surface area (Å²) in [5.41, 5.74) is 5.56. The average Bonchev–Trinajstić information content (AvgIpc) is 3.48. The van der Waals surface area contributed by atoms with E-state index in [4.69, 9.17) is 10.5 Å². The number of esters is 1. The van der Waals surface area contributed by atoms with Gasteiger partial charge in [-0.3, -0.25) is 19.2 Å². The number of urea groups is 1. The van der Waals surface area contributed by atoms with Crippen molar-refractivity contribution in [3.63, 3.8) is 0 Å².